The predicted molar refractivity (Wildman–Crippen MR) is 102 cm³/mol. The third-order valence-electron chi connectivity index (χ3n) is 5.48. The zero-order chi connectivity index (χ0) is 16.4. The summed E-state index contributed by atoms with van der Waals surface area (Å²) in [5, 5.41) is 10.9. The standard InChI is InChI=1S/C21H25NO2.ClH/c23-21(18-7-2-1-3-8-18)11-14-22(15-12-21)13-10-19-16-17-6-4-5-9-20(17)24-19;/h1-9,19,23H,10-16H2;1H. The first-order valence-electron chi connectivity index (χ1n) is 8.98. The number of nitrogens with zero attached hydrogens (tertiary/aromatic N) is 1. The van der Waals surface area contributed by atoms with Crippen LogP contribution in [-0.4, -0.2) is 35.7 Å². The van der Waals surface area contributed by atoms with Crippen molar-refractivity contribution in [3.8, 4) is 5.75 Å². The van der Waals surface area contributed by atoms with Gasteiger partial charge in [0, 0.05) is 26.1 Å². The highest BCUT2D eigenvalue weighted by Gasteiger charge is 2.34. The lowest BCUT2D eigenvalue weighted by atomic mass is 9.84. The molecule has 1 N–H and O–H groups in total. The van der Waals surface area contributed by atoms with Crippen molar-refractivity contribution in [2.24, 2.45) is 0 Å². The average molecular weight is 360 g/mol. The summed E-state index contributed by atoms with van der Waals surface area (Å²) < 4.78 is 6.03. The second kappa shape index (κ2) is 7.77. The summed E-state index contributed by atoms with van der Waals surface area (Å²) in [5.41, 5.74) is 1.73. The highest BCUT2D eigenvalue weighted by atomic mass is 35.5. The molecule has 0 amide bonds. The monoisotopic (exact) mass is 359 g/mol. The van der Waals surface area contributed by atoms with Gasteiger partial charge in [-0.2, -0.15) is 0 Å². The van der Waals surface area contributed by atoms with Gasteiger partial charge in [0.2, 0.25) is 0 Å². The van der Waals surface area contributed by atoms with Gasteiger partial charge in [-0.25, -0.2) is 0 Å². The van der Waals surface area contributed by atoms with Gasteiger partial charge in [0.25, 0.3) is 0 Å². The number of para-hydroxylation sites is 1. The van der Waals surface area contributed by atoms with Gasteiger partial charge in [0.05, 0.1) is 5.60 Å². The van der Waals surface area contributed by atoms with Crippen molar-refractivity contribution in [1.82, 2.24) is 4.90 Å². The van der Waals surface area contributed by atoms with Crippen LogP contribution in [0.15, 0.2) is 54.6 Å². The lowest BCUT2D eigenvalue weighted by molar-refractivity contribution is -0.0273. The van der Waals surface area contributed by atoms with Gasteiger partial charge in [0.1, 0.15) is 11.9 Å². The fraction of sp³-hybridized carbons (Fsp3) is 0.429. The molecule has 0 spiro atoms. The molecule has 0 aliphatic carbocycles. The van der Waals surface area contributed by atoms with Crippen LogP contribution in [0.1, 0.15) is 30.4 Å². The SMILES string of the molecule is Cl.OC1(c2ccccc2)CCN(CCC2Cc3ccccc3O2)CC1. The Kier molecular flexibility index (Phi) is 5.67. The first kappa shape index (κ1) is 18.2. The van der Waals surface area contributed by atoms with Crippen molar-refractivity contribution < 1.29 is 9.84 Å². The van der Waals surface area contributed by atoms with E-state index in [1.165, 1.54) is 5.56 Å². The zero-order valence-corrected chi connectivity index (χ0v) is 15.3. The Morgan fingerprint density at radius 2 is 1.68 bits per heavy atom. The average Bonchev–Trinajstić information content (AvgIpc) is 3.05. The van der Waals surface area contributed by atoms with E-state index < -0.39 is 5.60 Å². The number of benzene rings is 2. The molecule has 1 atom stereocenters. The van der Waals surface area contributed by atoms with Crippen LogP contribution < -0.4 is 4.74 Å². The largest absolute Gasteiger partial charge is 0.490 e. The van der Waals surface area contributed by atoms with E-state index in [2.05, 4.69) is 23.1 Å². The second-order valence-electron chi connectivity index (χ2n) is 7.08. The highest BCUT2D eigenvalue weighted by molar-refractivity contribution is 5.85. The van der Waals surface area contributed by atoms with Crippen molar-refractivity contribution in [2.45, 2.75) is 37.4 Å². The maximum absolute atomic E-state index is 10.9. The van der Waals surface area contributed by atoms with Crippen LogP contribution in [0.4, 0.5) is 0 Å². The quantitative estimate of drug-likeness (QED) is 0.901. The molecular weight excluding hydrogens is 334 g/mol. The topological polar surface area (TPSA) is 32.7 Å². The van der Waals surface area contributed by atoms with E-state index in [1.54, 1.807) is 0 Å². The lowest BCUT2D eigenvalue weighted by Gasteiger charge is -2.38. The maximum Gasteiger partial charge on any atom is 0.123 e. The van der Waals surface area contributed by atoms with E-state index >= 15 is 0 Å². The maximum atomic E-state index is 10.9. The van der Waals surface area contributed by atoms with Crippen LogP contribution in [0.25, 0.3) is 0 Å². The molecule has 2 aromatic carbocycles. The fourth-order valence-electron chi connectivity index (χ4n) is 3.93. The molecule has 1 fully saturated rings. The first-order valence-corrected chi connectivity index (χ1v) is 8.98. The number of likely N-dealkylation sites (tertiary alicyclic amines) is 1. The third-order valence-corrected chi connectivity index (χ3v) is 5.48. The summed E-state index contributed by atoms with van der Waals surface area (Å²) in [6.45, 7) is 2.94. The summed E-state index contributed by atoms with van der Waals surface area (Å²) in [7, 11) is 0. The highest BCUT2D eigenvalue weighted by Crippen LogP contribution is 2.33. The fourth-order valence-corrected chi connectivity index (χ4v) is 3.93. The first-order chi connectivity index (χ1) is 11.7. The van der Waals surface area contributed by atoms with Gasteiger partial charge in [-0.05, 0) is 36.5 Å². The van der Waals surface area contributed by atoms with Gasteiger partial charge < -0.3 is 14.7 Å². The summed E-state index contributed by atoms with van der Waals surface area (Å²) in [5.74, 6) is 1.06. The molecule has 2 aromatic rings. The summed E-state index contributed by atoms with van der Waals surface area (Å²) in [6.07, 6.45) is 4.00. The Hall–Kier alpha value is -1.55. The van der Waals surface area contributed by atoms with Crippen LogP contribution in [0, 0.1) is 0 Å². The molecule has 2 aliphatic rings. The molecule has 2 aliphatic heterocycles. The van der Waals surface area contributed by atoms with Gasteiger partial charge in [-0.15, -0.1) is 12.4 Å². The van der Waals surface area contributed by atoms with Crippen molar-refractivity contribution in [3.63, 3.8) is 0 Å². The third kappa shape index (κ3) is 4.00. The number of ether oxygens (including phenoxy) is 1. The summed E-state index contributed by atoms with van der Waals surface area (Å²) in [4.78, 5) is 2.46. The van der Waals surface area contributed by atoms with E-state index in [0.717, 1.165) is 56.6 Å². The van der Waals surface area contributed by atoms with E-state index in [-0.39, 0.29) is 12.4 Å². The van der Waals surface area contributed by atoms with Gasteiger partial charge in [-0.1, -0.05) is 48.5 Å². The number of rotatable bonds is 4. The minimum absolute atomic E-state index is 0. The van der Waals surface area contributed by atoms with E-state index in [1.807, 2.05) is 36.4 Å². The molecule has 1 saturated heterocycles. The van der Waals surface area contributed by atoms with Gasteiger partial charge in [0.15, 0.2) is 0 Å². The molecule has 25 heavy (non-hydrogen) atoms. The minimum Gasteiger partial charge on any atom is -0.490 e. The van der Waals surface area contributed by atoms with Crippen LogP contribution >= 0.6 is 12.4 Å². The van der Waals surface area contributed by atoms with Crippen molar-refractivity contribution in [3.05, 3.63) is 65.7 Å². The molecule has 1 unspecified atom stereocenters. The number of aliphatic hydroxyl groups is 1. The smallest absolute Gasteiger partial charge is 0.123 e. The number of hydrogen-bond acceptors (Lipinski definition) is 3. The zero-order valence-electron chi connectivity index (χ0n) is 14.4. The molecule has 3 nitrogen and oxygen atoms in total. The van der Waals surface area contributed by atoms with Crippen molar-refractivity contribution in [1.29, 1.82) is 0 Å². The molecule has 2 heterocycles. The molecule has 4 rings (SSSR count). The Labute approximate surface area is 156 Å². The van der Waals surface area contributed by atoms with Crippen LogP contribution in [-0.2, 0) is 12.0 Å². The van der Waals surface area contributed by atoms with E-state index in [9.17, 15) is 5.11 Å². The van der Waals surface area contributed by atoms with Gasteiger partial charge in [-0.3, -0.25) is 0 Å². The molecular formula is C21H26ClNO2. The molecule has 0 saturated carbocycles. The summed E-state index contributed by atoms with van der Waals surface area (Å²) >= 11 is 0. The molecule has 4 heteroatoms. The molecule has 134 valence electrons. The van der Waals surface area contributed by atoms with Crippen LogP contribution in [0.2, 0.25) is 0 Å². The number of halogens is 1. The summed E-state index contributed by atoms with van der Waals surface area (Å²) in [6, 6.07) is 18.5. The van der Waals surface area contributed by atoms with Crippen molar-refractivity contribution in [2.75, 3.05) is 19.6 Å². The predicted octanol–water partition coefficient (Wildman–Crippen LogP) is 3.79. The van der Waals surface area contributed by atoms with E-state index in [4.69, 9.17) is 4.74 Å². The molecule has 0 aromatic heterocycles. The normalized spacial score (nSPS) is 21.9. The Balaban J connectivity index is 0.00000182. The lowest BCUT2D eigenvalue weighted by Crippen LogP contribution is -2.43. The number of hydrogen-bond donors (Lipinski definition) is 1. The van der Waals surface area contributed by atoms with E-state index in [0.29, 0.717) is 6.10 Å². The minimum atomic E-state index is -0.655. The number of fused-ring (bicyclic) bond motifs is 1. The van der Waals surface area contributed by atoms with Crippen LogP contribution in [0.5, 0.6) is 5.75 Å². The Morgan fingerprint density at radius 3 is 2.40 bits per heavy atom. The van der Waals surface area contributed by atoms with Crippen molar-refractivity contribution >= 4 is 12.4 Å². The Bertz CT molecular complexity index is 658. The second-order valence-corrected chi connectivity index (χ2v) is 7.08. The van der Waals surface area contributed by atoms with Gasteiger partial charge >= 0.3 is 0 Å². The Morgan fingerprint density at radius 1 is 1.00 bits per heavy atom. The number of piperidine rings is 1. The molecule has 0 radical (unpaired) electrons. The van der Waals surface area contributed by atoms with Crippen LogP contribution in [0.3, 0.4) is 0 Å². The molecule has 0 bridgehead atoms.